The lowest BCUT2D eigenvalue weighted by molar-refractivity contribution is -0.483. The van der Waals surface area contributed by atoms with E-state index < -0.39 is 5.92 Å². The molecule has 0 unspecified atom stereocenters. The van der Waals surface area contributed by atoms with Crippen LogP contribution in [0.2, 0.25) is 0 Å². The average Bonchev–Trinajstić information content (AvgIpc) is 2.55. The number of benzene rings is 2. The van der Waals surface area contributed by atoms with Crippen LogP contribution < -0.4 is 4.74 Å². The van der Waals surface area contributed by atoms with Crippen molar-refractivity contribution in [1.29, 1.82) is 0 Å². The molecule has 0 amide bonds. The Morgan fingerprint density at radius 1 is 1.17 bits per heavy atom. The highest BCUT2D eigenvalue weighted by Crippen LogP contribution is 2.28. The van der Waals surface area contributed by atoms with Gasteiger partial charge < -0.3 is 4.74 Å². The molecule has 5 nitrogen and oxygen atoms in total. The van der Waals surface area contributed by atoms with Crippen LogP contribution >= 0.6 is 11.8 Å². The summed E-state index contributed by atoms with van der Waals surface area (Å²) in [7, 11) is 1.58. The predicted octanol–water partition coefficient (Wildman–Crippen LogP) is 3.76. The lowest BCUT2D eigenvalue weighted by Gasteiger charge is -2.12. The minimum atomic E-state index is -0.413. The molecule has 0 saturated heterocycles. The third-order valence-corrected chi connectivity index (χ3v) is 4.25. The molecule has 0 saturated carbocycles. The molecule has 0 aliphatic rings. The maximum atomic E-state index is 12.2. The van der Waals surface area contributed by atoms with E-state index in [0.717, 1.165) is 28.0 Å². The van der Waals surface area contributed by atoms with Crippen molar-refractivity contribution in [2.75, 3.05) is 13.7 Å². The Labute approximate surface area is 138 Å². The van der Waals surface area contributed by atoms with E-state index in [9.17, 15) is 14.9 Å². The Balaban J connectivity index is 2.03. The van der Waals surface area contributed by atoms with E-state index in [0.29, 0.717) is 0 Å². The quantitative estimate of drug-likeness (QED) is 0.439. The van der Waals surface area contributed by atoms with Gasteiger partial charge in [-0.15, -0.1) is 0 Å². The highest BCUT2D eigenvalue weighted by atomic mass is 32.2. The van der Waals surface area contributed by atoms with Crippen LogP contribution in [0.3, 0.4) is 0 Å². The Morgan fingerprint density at radius 2 is 1.83 bits per heavy atom. The molecule has 0 bridgehead atoms. The summed E-state index contributed by atoms with van der Waals surface area (Å²) in [5.74, 6) is 0.307. The Hall–Kier alpha value is -2.34. The van der Waals surface area contributed by atoms with Crippen LogP contribution in [0.25, 0.3) is 0 Å². The van der Waals surface area contributed by atoms with Gasteiger partial charge in [0.2, 0.25) is 6.54 Å². The molecule has 2 aromatic carbocycles. The fourth-order valence-corrected chi connectivity index (χ4v) is 3.03. The number of ether oxygens (including phenoxy) is 1. The standard InChI is InChI=1S/C17H17NO4S/c1-22-15-7-9-16(10-8-15)23-17(19)11-14(12-18(20)21)13-5-3-2-4-6-13/h2-10,14H,11-12H2,1H3/t14-/m0/s1. The molecular formula is C17H17NO4S. The minimum absolute atomic E-state index is 0.0918. The Morgan fingerprint density at radius 3 is 2.39 bits per heavy atom. The second-order valence-electron chi connectivity index (χ2n) is 4.98. The van der Waals surface area contributed by atoms with Crippen LogP contribution in [0.5, 0.6) is 5.75 Å². The van der Waals surface area contributed by atoms with Crippen molar-refractivity contribution in [1.82, 2.24) is 0 Å². The number of thioether (sulfide) groups is 1. The normalized spacial score (nSPS) is 11.7. The summed E-state index contributed by atoms with van der Waals surface area (Å²) >= 11 is 1.10. The highest BCUT2D eigenvalue weighted by molar-refractivity contribution is 8.13. The van der Waals surface area contributed by atoms with Crippen LogP contribution in [0.15, 0.2) is 59.5 Å². The third-order valence-electron chi connectivity index (χ3n) is 3.34. The van der Waals surface area contributed by atoms with E-state index >= 15 is 0 Å². The van der Waals surface area contributed by atoms with Crippen LogP contribution in [0.4, 0.5) is 0 Å². The van der Waals surface area contributed by atoms with Gasteiger partial charge in [0.15, 0.2) is 5.12 Å². The van der Waals surface area contributed by atoms with E-state index in [-0.39, 0.29) is 23.0 Å². The molecule has 120 valence electrons. The first-order valence-corrected chi connectivity index (χ1v) is 7.91. The van der Waals surface area contributed by atoms with Gasteiger partial charge in [-0.3, -0.25) is 14.9 Å². The number of carbonyl (C=O) groups is 1. The maximum Gasteiger partial charge on any atom is 0.211 e. The maximum absolute atomic E-state index is 12.2. The molecule has 6 heteroatoms. The number of hydrogen-bond acceptors (Lipinski definition) is 5. The van der Waals surface area contributed by atoms with Gasteiger partial charge in [0.25, 0.3) is 0 Å². The van der Waals surface area contributed by atoms with Crippen molar-refractivity contribution in [2.24, 2.45) is 0 Å². The second kappa shape index (κ2) is 8.33. The van der Waals surface area contributed by atoms with E-state index in [2.05, 4.69) is 0 Å². The topological polar surface area (TPSA) is 69.4 Å². The van der Waals surface area contributed by atoms with Gasteiger partial charge in [0.1, 0.15) is 5.75 Å². The summed E-state index contributed by atoms with van der Waals surface area (Å²) < 4.78 is 5.07. The molecule has 0 aliphatic heterocycles. The Bertz CT molecular complexity index is 658. The number of carbonyl (C=O) groups excluding carboxylic acids is 1. The van der Waals surface area contributed by atoms with Crippen molar-refractivity contribution >= 4 is 16.9 Å². The number of hydrogen-bond donors (Lipinski definition) is 0. The molecule has 0 N–H and O–H groups in total. The van der Waals surface area contributed by atoms with Gasteiger partial charge in [-0.25, -0.2) is 0 Å². The number of methoxy groups -OCH3 is 1. The van der Waals surface area contributed by atoms with Crippen molar-refractivity contribution < 1.29 is 14.5 Å². The van der Waals surface area contributed by atoms with E-state index in [1.54, 1.807) is 31.4 Å². The molecule has 2 rings (SSSR count). The van der Waals surface area contributed by atoms with Gasteiger partial charge in [-0.1, -0.05) is 42.1 Å². The molecule has 0 aliphatic carbocycles. The molecule has 0 aromatic heterocycles. The summed E-state index contributed by atoms with van der Waals surface area (Å²) in [5.41, 5.74) is 0.813. The molecule has 23 heavy (non-hydrogen) atoms. The summed E-state index contributed by atoms with van der Waals surface area (Å²) in [4.78, 5) is 23.5. The summed E-state index contributed by atoms with van der Waals surface area (Å²) in [5, 5.41) is 10.8. The summed E-state index contributed by atoms with van der Waals surface area (Å²) in [6.45, 7) is -0.251. The van der Waals surface area contributed by atoms with Crippen molar-refractivity contribution in [3.8, 4) is 5.75 Å². The smallest absolute Gasteiger partial charge is 0.211 e. The molecule has 0 heterocycles. The minimum Gasteiger partial charge on any atom is -0.497 e. The van der Waals surface area contributed by atoms with Gasteiger partial charge in [0.05, 0.1) is 13.0 Å². The second-order valence-corrected chi connectivity index (χ2v) is 6.11. The van der Waals surface area contributed by atoms with Crippen molar-refractivity contribution in [3.05, 3.63) is 70.3 Å². The van der Waals surface area contributed by atoms with E-state index in [1.165, 1.54) is 0 Å². The highest BCUT2D eigenvalue weighted by Gasteiger charge is 2.21. The monoisotopic (exact) mass is 331 g/mol. The fourth-order valence-electron chi connectivity index (χ4n) is 2.21. The van der Waals surface area contributed by atoms with E-state index in [1.807, 2.05) is 30.3 Å². The molecule has 0 fully saturated rings. The van der Waals surface area contributed by atoms with Crippen LogP contribution in [0.1, 0.15) is 17.9 Å². The first-order valence-electron chi connectivity index (χ1n) is 7.10. The van der Waals surface area contributed by atoms with E-state index in [4.69, 9.17) is 4.74 Å². The predicted molar refractivity (Wildman–Crippen MR) is 89.5 cm³/mol. The van der Waals surface area contributed by atoms with Gasteiger partial charge in [0, 0.05) is 16.2 Å². The molecule has 0 radical (unpaired) electrons. The number of nitrogens with zero attached hydrogens (tertiary/aromatic N) is 1. The molecule has 2 aromatic rings. The van der Waals surface area contributed by atoms with Crippen molar-refractivity contribution in [3.63, 3.8) is 0 Å². The lowest BCUT2D eigenvalue weighted by atomic mass is 9.96. The zero-order valence-electron chi connectivity index (χ0n) is 12.7. The lowest BCUT2D eigenvalue weighted by Crippen LogP contribution is -2.15. The zero-order valence-corrected chi connectivity index (χ0v) is 13.5. The van der Waals surface area contributed by atoms with Crippen LogP contribution in [-0.2, 0) is 4.79 Å². The van der Waals surface area contributed by atoms with Crippen LogP contribution in [-0.4, -0.2) is 23.7 Å². The first kappa shape index (κ1) is 17.0. The summed E-state index contributed by atoms with van der Waals surface area (Å²) in [6, 6.07) is 16.3. The number of nitro groups is 1. The molecular weight excluding hydrogens is 314 g/mol. The average molecular weight is 331 g/mol. The zero-order chi connectivity index (χ0) is 16.7. The fraction of sp³-hybridized carbons (Fsp3) is 0.235. The SMILES string of the molecule is COc1ccc(SC(=O)C[C@@H](C[N+](=O)[O-])c2ccccc2)cc1. The van der Waals surface area contributed by atoms with Crippen LogP contribution in [0, 0.1) is 10.1 Å². The van der Waals surface area contributed by atoms with Gasteiger partial charge in [-0.05, 0) is 29.8 Å². The van der Waals surface area contributed by atoms with Gasteiger partial charge in [-0.2, -0.15) is 0 Å². The molecule has 0 spiro atoms. The largest absolute Gasteiger partial charge is 0.497 e. The Kier molecular flexibility index (Phi) is 6.17. The molecule has 1 atom stereocenters. The van der Waals surface area contributed by atoms with Crippen molar-refractivity contribution in [2.45, 2.75) is 17.2 Å². The van der Waals surface area contributed by atoms with Gasteiger partial charge >= 0.3 is 0 Å². The third kappa shape index (κ3) is 5.41. The first-order chi connectivity index (χ1) is 11.1. The number of rotatable bonds is 7. The summed E-state index contributed by atoms with van der Waals surface area (Å²) in [6.07, 6.45) is 0.127.